The molecule has 0 radical (unpaired) electrons. The molecule has 0 bridgehead atoms. The van der Waals surface area contributed by atoms with Crippen LogP contribution < -0.4 is 4.90 Å². The van der Waals surface area contributed by atoms with E-state index in [1.54, 1.807) is 45.9 Å². The first-order valence-corrected chi connectivity index (χ1v) is 9.81. The van der Waals surface area contributed by atoms with Gasteiger partial charge in [-0.1, -0.05) is 6.08 Å². The number of rotatable bonds is 3. The molecule has 2 aromatic rings. The molecule has 5 rings (SSSR count). The molecular weight excluding hydrogens is 399 g/mol. The van der Waals surface area contributed by atoms with Crippen molar-refractivity contribution in [3.8, 4) is 0 Å². The number of pyridine rings is 1. The maximum atomic E-state index is 15.0. The van der Waals surface area contributed by atoms with E-state index < -0.39 is 11.4 Å². The van der Waals surface area contributed by atoms with Gasteiger partial charge >= 0.3 is 6.03 Å². The molecule has 1 saturated heterocycles. The van der Waals surface area contributed by atoms with Crippen LogP contribution in [-0.2, 0) is 4.74 Å². The minimum Gasteiger partial charge on any atom is -0.496 e. The van der Waals surface area contributed by atoms with E-state index in [-0.39, 0.29) is 17.6 Å². The zero-order valence-corrected chi connectivity index (χ0v) is 17.5. The SMILES string of the molecule is COC1=CC2=NC=C3N(C)C(=O)N(c4c(C)cncc4F)C3(C)C2C=C1c1cn[nH]c1. The van der Waals surface area contributed by atoms with E-state index in [4.69, 9.17) is 4.74 Å². The minimum atomic E-state index is -0.902. The topological polar surface area (TPSA) is 86.7 Å². The summed E-state index contributed by atoms with van der Waals surface area (Å²) in [4.78, 5) is 25.0. The van der Waals surface area contributed by atoms with Crippen molar-refractivity contribution >= 4 is 23.0 Å². The van der Waals surface area contributed by atoms with Crippen LogP contribution in [0.5, 0.6) is 0 Å². The van der Waals surface area contributed by atoms with Crippen LogP contribution in [0.4, 0.5) is 14.9 Å². The number of aryl methyl sites for hydroxylation is 1. The molecule has 2 atom stereocenters. The number of aromatic nitrogens is 3. The molecule has 2 aromatic heterocycles. The van der Waals surface area contributed by atoms with Crippen LogP contribution in [0.25, 0.3) is 5.57 Å². The van der Waals surface area contributed by atoms with Gasteiger partial charge in [-0.05, 0) is 19.4 Å². The van der Waals surface area contributed by atoms with E-state index in [1.165, 1.54) is 9.80 Å². The quantitative estimate of drug-likeness (QED) is 0.824. The number of aromatic amines is 1. The number of nitrogens with zero attached hydrogens (tertiary/aromatic N) is 5. The number of nitrogens with one attached hydrogen (secondary N) is 1. The zero-order chi connectivity index (χ0) is 21.9. The Kier molecular flexibility index (Phi) is 4.11. The molecule has 8 nitrogen and oxygen atoms in total. The standard InChI is InChI=1S/C22H21FN6O2/c1-12-7-24-10-16(23)20(12)29-21(30)28(3)19-11-25-17-6-18(31-4)14(13-8-26-27-9-13)5-15(17)22(19,29)2/h5-11,15H,1-4H3,(H,26,27). The Bertz CT molecular complexity index is 1190. The highest BCUT2D eigenvalue weighted by Crippen LogP contribution is 2.50. The van der Waals surface area contributed by atoms with E-state index >= 15 is 0 Å². The molecule has 9 heteroatoms. The van der Waals surface area contributed by atoms with Gasteiger partial charge in [0.05, 0.1) is 36.6 Å². The highest BCUT2D eigenvalue weighted by Gasteiger charge is 2.58. The summed E-state index contributed by atoms with van der Waals surface area (Å²) in [5.74, 6) is -0.235. The van der Waals surface area contributed by atoms with Crippen LogP contribution in [0.1, 0.15) is 18.1 Å². The van der Waals surface area contributed by atoms with Crippen molar-refractivity contribution < 1.29 is 13.9 Å². The number of aliphatic imine (C=N–C) groups is 1. The second-order valence-electron chi connectivity index (χ2n) is 7.94. The Labute approximate surface area is 178 Å². The third kappa shape index (κ3) is 2.52. The number of hydrogen-bond acceptors (Lipinski definition) is 5. The Morgan fingerprint density at radius 1 is 1.29 bits per heavy atom. The summed E-state index contributed by atoms with van der Waals surface area (Å²) < 4.78 is 20.6. The summed E-state index contributed by atoms with van der Waals surface area (Å²) in [7, 11) is 3.28. The third-order valence-electron chi connectivity index (χ3n) is 6.27. The number of likely N-dealkylation sites (N-methyl/N-ethyl adjacent to an activating group) is 1. The van der Waals surface area contributed by atoms with E-state index in [0.717, 1.165) is 23.0 Å². The van der Waals surface area contributed by atoms with Gasteiger partial charge in [0.25, 0.3) is 0 Å². The number of carbonyl (C=O) groups excluding carboxylic acids is 1. The van der Waals surface area contributed by atoms with Gasteiger partial charge in [-0.15, -0.1) is 0 Å². The van der Waals surface area contributed by atoms with Crippen LogP contribution >= 0.6 is 0 Å². The van der Waals surface area contributed by atoms with Gasteiger partial charge in [0.15, 0.2) is 5.82 Å². The fourth-order valence-electron chi connectivity index (χ4n) is 4.70. The Hall–Kier alpha value is -3.75. The first-order chi connectivity index (χ1) is 14.9. The van der Waals surface area contributed by atoms with Crippen LogP contribution in [0, 0.1) is 18.7 Å². The van der Waals surface area contributed by atoms with E-state index in [1.807, 2.05) is 19.1 Å². The highest BCUT2D eigenvalue weighted by molar-refractivity contribution is 6.10. The van der Waals surface area contributed by atoms with Gasteiger partial charge in [0, 0.05) is 48.8 Å². The van der Waals surface area contributed by atoms with E-state index in [2.05, 4.69) is 20.2 Å². The number of fused-ring (bicyclic) bond motifs is 3. The summed E-state index contributed by atoms with van der Waals surface area (Å²) in [6.07, 6.45) is 11.7. The largest absolute Gasteiger partial charge is 0.496 e. The number of allylic oxidation sites excluding steroid dienone is 2. The Morgan fingerprint density at radius 3 is 2.77 bits per heavy atom. The van der Waals surface area contributed by atoms with Crippen molar-refractivity contribution in [1.82, 2.24) is 20.1 Å². The molecule has 2 amide bonds. The number of ether oxygens (including phenoxy) is 1. The third-order valence-corrected chi connectivity index (χ3v) is 6.27. The van der Waals surface area contributed by atoms with Crippen LogP contribution in [0.2, 0.25) is 0 Å². The lowest BCUT2D eigenvalue weighted by molar-refractivity contribution is 0.233. The number of hydrogen-bond donors (Lipinski definition) is 1. The van der Waals surface area contributed by atoms with Crippen LogP contribution in [-0.4, -0.2) is 51.5 Å². The van der Waals surface area contributed by atoms with Crippen molar-refractivity contribution in [2.24, 2.45) is 10.9 Å². The minimum absolute atomic E-state index is 0.221. The van der Waals surface area contributed by atoms with E-state index in [9.17, 15) is 9.18 Å². The molecule has 2 aliphatic heterocycles. The summed E-state index contributed by atoms with van der Waals surface area (Å²) >= 11 is 0. The number of anilines is 1. The molecule has 0 aromatic carbocycles. The summed E-state index contributed by atoms with van der Waals surface area (Å²) in [6.45, 7) is 3.69. The lowest BCUT2D eigenvalue weighted by Crippen LogP contribution is -2.53. The molecule has 0 saturated carbocycles. The van der Waals surface area contributed by atoms with Gasteiger partial charge in [-0.25, -0.2) is 9.18 Å². The average Bonchev–Trinajstić information content (AvgIpc) is 3.35. The maximum absolute atomic E-state index is 15.0. The molecule has 1 aliphatic carbocycles. The molecule has 31 heavy (non-hydrogen) atoms. The fraction of sp³-hybridized carbons (Fsp3) is 0.273. The Balaban J connectivity index is 1.74. The number of urea groups is 1. The molecule has 1 N–H and O–H groups in total. The first kappa shape index (κ1) is 19.2. The molecule has 3 aliphatic rings. The summed E-state index contributed by atoms with van der Waals surface area (Å²) in [5, 5.41) is 6.86. The lowest BCUT2D eigenvalue weighted by Gasteiger charge is -2.43. The normalized spacial score (nSPS) is 24.8. The monoisotopic (exact) mass is 420 g/mol. The van der Waals surface area contributed by atoms with Crippen LogP contribution in [0.3, 0.4) is 0 Å². The van der Waals surface area contributed by atoms with Crippen molar-refractivity contribution in [2.75, 3.05) is 19.1 Å². The van der Waals surface area contributed by atoms with Crippen molar-refractivity contribution in [3.05, 3.63) is 71.5 Å². The number of carbonyl (C=O) groups is 1. The smallest absolute Gasteiger partial charge is 0.329 e. The Morgan fingerprint density at radius 2 is 2.10 bits per heavy atom. The zero-order valence-electron chi connectivity index (χ0n) is 17.5. The molecule has 158 valence electrons. The molecule has 0 spiro atoms. The van der Waals surface area contributed by atoms with Gasteiger partial charge in [0.2, 0.25) is 0 Å². The van der Waals surface area contributed by atoms with Gasteiger partial charge in [0.1, 0.15) is 11.3 Å². The van der Waals surface area contributed by atoms with Gasteiger partial charge in [-0.2, -0.15) is 5.10 Å². The molecule has 4 heterocycles. The maximum Gasteiger partial charge on any atom is 0.329 e. The fourth-order valence-corrected chi connectivity index (χ4v) is 4.70. The predicted molar refractivity (Wildman–Crippen MR) is 114 cm³/mol. The molecule has 2 unspecified atom stereocenters. The number of amides is 2. The average molecular weight is 420 g/mol. The summed E-state index contributed by atoms with van der Waals surface area (Å²) in [5.41, 5.74) is 3.00. The molecule has 1 fully saturated rings. The van der Waals surface area contributed by atoms with Crippen molar-refractivity contribution in [3.63, 3.8) is 0 Å². The first-order valence-electron chi connectivity index (χ1n) is 9.81. The second-order valence-corrected chi connectivity index (χ2v) is 7.94. The number of halogens is 1. The van der Waals surface area contributed by atoms with Crippen LogP contribution in [0.15, 0.2) is 59.6 Å². The van der Waals surface area contributed by atoms with Gasteiger partial charge < -0.3 is 4.74 Å². The number of methoxy groups -OCH3 is 1. The van der Waals surface area contributed by atoms with Crippen molar-refractivity contribution in [2.45, 2.75) is 19.4 Å². The van der Waals surface area contributed by atoms with Crippen molar-refractivity contribution in [1.29, 1.82) is 0 Å². The predicted octanol–water partition coefficient (Wildman–Crippen LogP) is 3.42. The lowest BCUT2D eigenvalue weighted by atomic mass is 9.73. The second kappa shape index (κ2) is 6.63. The highest BCUT2D eigenvalue weighted by atomic mass is 19.1. The molecular formula is C22H21FN6O2. The van der Waals surface area contributed by atoms with Gasteiger partial charge in [-0.3, -0.25) is 24.9 Å². The summed E-state index contributed by atoms with van der Waals surface area (Å²) in [6, 6.07) is -0.321. The van der Waals surface area contributed by atoms with E-state index in [0.29, 0.717) is 17.0 Å². The number of H-pyrrole nitrogens is 1.